The first-order chi connectivity index (χ1) is 17.1. The Morgan fingerprint density at radius 3 is 2.37 bits per heavy atom. The minimum atomic E-state index is -0.988. The van der Waals surface area contributed by atoms with Crippen molar-refractivity contribution in [3.8, 4) is 22.6 Å². The Kier molecular flexibility index (Phi) is 5.88. The van der Waals surface area contributed by atoms with Crippen LogP contribution in [-0.4, -0.2) is 28.2 Å². The zero-order valence-corrected chi connectivity index (χ0v) is 18.4. The van der Waals surface area contributed by atoms with Crippen molar-refractivity contribution in [3.63, 3.8) is 0 Å². The number of pyridine rings is 1. The molecule has 2 N–H and O–H groups in total. The number of furan rings is 1. The van der Waals surface area contributed by atoms with E-state index in [0.29, 0.717) is 28.3 Å². The molecule has 0 bridgehead atoms. The van der Waals surface area contributed by atoms with Crippen molar-refractivity contribution in [2.75, 3.05) is 0 Å². The molecule has 0 fully saturated rings. The second-order valence-corrected chi connectivity index (χ2v) is 7.72. The van der Waals surface area contributed by atoms with Crippen molar-refractivity contribution in [3.05, 3.63) is 114 Å². The van der Waals surface area contributed by atoms with Gasteiger partial charge in [-0.3, -0.25) is 4.79 Å². The predicted octanol–water partition coefficient (Wildman–Crippen LogP) is 5.62. The Labute approximate surface area is 200 Å². The topological polar surface area (TPSA) is 105 Å². The van der Waals surface area contributed by atoms with Crippen LogP contribution in [0.3, 0.4) is 0 Å². The van der Waals surface area contributed by atoms with Crippen molar-refractivity contribution in [1.82, 2.24) is 10.4 Å². The van der Waals surface area contributed by atoms with E-state index < -0.39 is 5.97 Å². The van der Waals surface area contributed by atoms with Crippen LogP contribution in [-0.2, 0) is 0 Å². The van der Waals surface area contributed by atoms with Gasteiger partial charge >= 0.3 is 5.97 Å². The fourth-order valence-electron chi connectivity index (χ4n) is 3.69. The largest absolute Gasteiger partial charge is 0.478 e. The normalized spacial score (nSPS) is 11.1. The van der Waals surface area contributed by atoms with Gasteiger partial charge in [-0.15, -0.1) is 0 Å². The fourth-order valence-corrected chi connectivity index (χ4v) is 3.69. The van der Waals surface area contributed by atoms with Gasteiger partial charge in [0.2, 0.25) is 0 Å². The maximum Gasteiger partial charge on any atom is 0.335 e. The third kappa shape index (κ3) is 4.69. The first-order valence-corrected chi connectivity index (χ1v) is 10.8. The minimum Gasteiger partial charge on any atom is -0.478 e. The van der Waals surface area contributed by atoms with Crippen LogP contribution >= 0.6 is 0 Å². The van der Waals surface area contributed by atoms with Gasteiger partial charge in [0.1, 0.15) is 11.5 Å². The number of aromatic carboxylic acids is 1. The molecule has 3 aromatic carbocycles. The van der Waals surface area contributed by atoms with Gasteiger partial charge in [0, 0.05) is 16.5 Å². The second-order valence-electron chi connectivity index (χ2n) is 7.72. The molecule has 2 aromatic heterocycles. The van der Waals surface area contributed by atoms with Crippen molar-refractivity contribution < 1.29 is 19.1 Å². The smallest absolute Gasteiger partial charge is 0.335 e. The number of nitrogens with zero attached hydrogens (tertiary/aromatic N) is 2. The number of aromatic nitrogens is 1. The Bertz CT molecular complexity index is 1550. The van der Waals surface area contributed by atoms with E-state index in [4.69, 9.17) is 14.5 Å². The summed E-state index contributed by atoms with van der Waals surface area (Å²) in [6.07, 6.45) is 1.41. The third-order valence-electron chi connectivity index (χ3n) is 5.43. The molecule has 0 unspecified atom stereocenters. The number of benzene rings is 3. The molecular weight excluding hydrogens is 442 g/mol. The number of para-hydroxylation sites is 1. The molecule has 7 nitrogen and oxygen atoms in total. The Morgan fingerprint density at radius 1 is 0.857 bits per heavy atom. The van der Waals surface area contributed by atoms with Gasteiger partial charge in [0.25, 0.3) is 5.91 Å². The number of carboxylic acid groups (broad SMARTS) is 1. The molecule has 5 rings (SSSR count). The first kappa shape index (κ1) is 21.8. The monoisotopic (exact) mass is 461 g/mol. The van der Waals surface area contributed by atoms with Crippen LogP contribution in [0.5, 0.6) is 0 Å². The molecule has 0 radical (unpaired) electrons. The summed E-state index contributed by atoms with van der Waals surface area (Å²) in [6, 6.07) is 28.7. The summed E-state index contributed by atoms with van der Waals surface area (Å²) in [5, 5.41) is 13.8. The molecule has 35 heavy (non-hydrogen) atoms. The summed E-state index contributed by atoms with van der Waals surface area (Å²) >= 11 is 0. The number of hydrazone groups is 1. The van der Waals surface area contributed by atoms with Gasteiger partial charge in [0.15, 0.2) is 0 Å². The second kappa shape index (κ2) is 9.44. The van der Waals surface area contributed by atoms with E-state index in [2.05, 4.69) is 10.5 Å². The van der Waals surface area contributed by atoms with E-state index in [1.165, 1.54) is 18.3 Å². The van der Waals surface area contributed by atoms with E-state index in [1.54, 1.807) is 30.3 Å². The van der Waals surface area contributed by atoms with E-state index in [-0.39, 0.29) is 11.5 Å². The predicted molar refractivity (Wildman–Crippen MR) is 133 cm³/mol. The van der Waals surface area contributed by atoms with Crippen LogP contribution in [0.1, 0.15) is 26.5 Å². The number of hydrogen-bond donors (Lipinski definition) is 2. The average molecular weight is 461 g/mol. The summed E-state index contributed by atoms with van der Waals surface area (Å²) in [5.41, 5.74) is 6.28. The molecule has 0 aliphatic heterocycles. The third-order valence-corrected chi connectivity index (χ3v) is 5.43. The number of nitrogens with one attached hydrogen (secondary N) is 1. The maximum absolute atomic E-state index is 13.0. The van der Waals surface area contributed by atoms with E-state index in [0.717, 1.165) is 16.5 Å². The lowest BCUT2D eigenvalue weighted by Crippen LogP contribution is -2.18. The molecule has 170 valence electrons. The van der Waals surface area contributed by atoms with Crippen molar-refractivity contribution in [1.29, 1.82) is 0 Å². The van der Waals surface area contributed by atoms with E-state index in [1.807, 2.05) is 54.6 Å². The summed E-state index contributed by atoms with van der Waals surface area (Å²) in [4.78, 5) is 28.7. The number of hydrogen-bond acceptors (Lipinski definition) is 5. The average Bonchev–Trinajstić information content (AvgIpc) is 3.37. The minimum absolute atomic E-state index is 0.198. The molecule has 0 spiro atoms. The lowest BCUT2D eigenvalue weighted by Gasteiger charge is -2.09. The molecule has 2 heterocycles. The molecule has 7 heteroatoms. The highest BCUT2D eigenvalue weighted by Gasteiger charge is 2.13. The van der Waals surface area contributed by atoms with Crippen LogP contribution in [0.2, 0.25) is 0 Å². The molecule has 5 aromatic rings. The first-order valence-electron chi connectivity index (χ1n) is 10.8. The van der Waals surface area contributed by atoms with Crippen molar-refractivity contribution >= 4 is 29.0 Å². The van der Waals surface area contributed by atoms with Gasteiger partial charge < -0.3 is 9.52 Å². The van der Waals surface area contributed by atoms with Crippen LogP contribution in [0, 0.1) is 0 Å². The highest BCUT2D eigenvalue weighted by Crippen LogP contribution is 2.25. The van der Waals surface area contributed by atoms with Crippen LogP contribution in [0.15, 0.2) is 107 Å². The number of carbonyl (C=O) groups is 2. The Morgan fingerprint density at radius 2 is 1.60 bits per heavy atom. The van der Waals surface area contributed by atoms with Gasteiger partial charge in [-0.25, -0.2) is 15.2 Å². The molecule has 1 amide bonds. The van der Waals surface area contributed by atoms with Crippen LogP contribution in [0.25, 0.3) is 33.5 Å². The highest BCUT2D eigenvalue weighted by atomic mass is 16.4. The number of carboxylic acids is 1. The summed E-state index contributed by atoms with van der Waals surface area (Å²) in [5.74, 6) is -0.361. The lowest BCUT2D eigenvalue weighted by molar-refractivity contribution is 0.0696. The number of amides is 1. The molecule has 0 saturated heterocycles. The van der Waals surface area contributed by atoms with Gasteiger partial charge in [-0.05, 0) is 36.4 Å². The molecule has 0 saturated carbocycles. The quantitative estimate of drug-likeness (QED) is 0.252. The van der Waals surface area contributed by atoms with Crippen LogP contribution in [0.4, 0.5) is 0 Å². The molecule has 0 atom stereocenters. The van der Waals surface area contributed by atoms with E-state index in [9.17, 15) is 9.59 Å². The Balaban J connectivity index is 1.36. The van der Waals surface area contributed by atoms with Crippen molar-refractivity contribution in [2.24, 2.45) is 5.10 Å². The fraction of sp³-hybridized carbons (Fsp3) is 0. The molecule has 0 aliphatic rings. The zero-order chi connectivity index (χ0) is 24.2. The molecule has 0 aliphatic carbocycles. The Hall–Kier alpha value is -5.04. The number of rotatable bonds is 6. The van der Waals surface area contributed by atoms with Gasteiger partial charge in [0.05, 0.1) is 28.6 Å². The van der Waals surface area contributed by atoms with Crippen LogP contribution < -0.4 is 5.43 Å². The van der Waals surface area contributed by atoms with E-state index >= 15 is 0 Å². The SMILES string of the molecule is O=C(O)c1ccc(-c2ccc(/C=N/NC(=O)c3cc(-c4ccccc4)nc4ccccc34)o2)cc1. The van der Waals surface area contributed by atoms with Gasteiger partial charge in [-0.1, -0.05) is 60.7 Å². The van der Waals surface area contributed by atoms with Crippen molar-refractivity contribution in [2.45, 2.75) is 0 Å². The summed E-state index contributed by atoms with van der Waals surface area (Å²) < 4.78 is 5.75. The standard InChI is InChI=1S/C28H19N3O4/c32-27(23-16-25(18-6-2-1-3-7-18)30-24-9-5-4-8-22(23)24)31-29-17-21-14-15-26(35-21)19-10-12-20(13-11-19)28(33)34/h1-17H,(H,31,32)(H,33,34)/b29-17+. The lowest BCUT2D eigenvalue weighted by atomic mass is 10.0. The highest BCUT2D eigenvalue weighted by molar-refractivity contribution is 6.07. The number of fused-ring (bicyclic) bond motifs is 1. The summed E-state index contributed by atoms with van der Waals surface area (Å²) in [7, 11) is 0. The zero-order valence-electron chi connectivity index (χ0n) is 18.4. The number of carbonyl (C=O) groups excluding carboxylic acids is 1. The maximum atomic E-state index is 13.0. The van der Waals surface area contributed by atoms with Gasteiger partial charge in [-0.2, -0.15) is 5.10 Å². The summed E-state index contributed by atoms with van der Waals surface area (Å²) in [6.45, 7) is 0. The molecular formula is C28H19N3O4.